The molecule has 15 heavy (non-hydrogen) atoms. The topological polar surface area (TPSA) is 43.8 Å². The Morgan fingerprint density at radius 2 is 1.93 bits per heavy atom. The number of benzene rings is 1. The first-order chi connectivity index (χ1) is 7.31. The highest BCUT2D eigenvalue weighted by Crippen LogP contribution is 2.15. The van der Waals surface area contributed by atoms with Crippen molar-refractivity contribution in [2.75, 3.05) is 6.54 Å². The molecule has 0 aliphatic heterocycles. The predicted molar refractivity (Wildman–Crippen MR) is 64.0 cm³/mol. The van der Waals surface area contributed by atoms with Gasteiger partial charge < -0.3 is 5.73 Å². The molecule has 1 aromatic heterocycles. The predicted octanol–water partition coefficient (Wildman–Crippen LogP) is 2.14. The minimum atomic E-state index is 0.641. The molecule has 1 aromatic carbocycles. The van der Waals surface area contributed by atoms with E-state index in [1.807, 2.05) is 35.0 Å². The summed E-state index contributed by atoms with van der Waals surface area (Å²) in [5, 5.41) is 4.28. The van der Waals surface area contributed by atoms with Gasteiger partial charge >= 0.3 is 0 Å². The van der Waals surface area contributed by atoms with Crippen LogP contribution in [0.3, 0.4) is 0 Å². The molecule has 1 heterocycles. The van der Waals surface area contributed by atoms with Gasteiger partial charge in [-0.15, -0.1) is 0 Å². The number of nitrogens with two attached hydrogens (primary N) is 1. The van der Waals surface area contributed by atoms with Crippen LogP contribution in [0.25, 0.3) is 5.69 Å². The Kier molecular flexibility index (Phi) is 3.18. The zero-order valence-electron chi connectivity index (χ0n) is 8.23. The van der Waals surface area contributed by atoms with E-state index in [0.717, 1.165) is 22.3 Å². The number of hydrogen-bond acceptors (Lipinski definition) is 2. The van der Waals surface area contributed by atoms with Gasteiger partial charge in [0.2, 0.25) is 0 Å². The molecule has 3 nitrogen and oxygen atoms in total. The molecule has 0 radical (unpaired) electrons. The van der Waals surface area contributed by atoms with E-state index in [9.17, 15) is 0 Å². The molecule has 0 spiro atoms. The highest BCUT2D eigenvalue weighted by molar-refractivity contribution is 9.10. The van der Waals surface area contributed by atoms with E-state index in [-0.39, 0.29) is 0 Å². The van der Waals surface area contributed by atoms with Crippen molar-refractivity contribution in [1.82, 2.24) is 9.78 Å². The summed E-state index contributed by atoms with van der Waals surface area (Å²) >= 11 is 3.41. The first kappa shape index (κ1) is 10.4. The molecule has 0 aliphatic rings. The zero-order valence-corrected chi connectivity index (χ0v) is 9.81. The third kappa shape index (κ3) is 2.27. The molecule has 78 valence electrons. The van der Waals surface area contributed by atoms with Gasteiger partial charge in [-0.25, -0.2) is 4.68 Å². The molecule has 0 atom stereocenters. The molecule has 0 fully saturated rings. The fraction of sp³-hybridized carbons (Fsp3) is 0.182. The van der Waals surface area contributed by atoms with Crippen molar-refractivity contribution in [1.29, 1.82) is 0 Å². The van der Waals surface area contributed by atoms with Crippen LogP contribution in [0.1, 0.15) is 5.69 Å². The van der Waals surface area contributed by atoms with Crippen LogP contribution in [-0.2, 0) is 6.42 Å². The lowest BCUT2D eigenvalue weighted by Gasteiger charge is -2.06. The normalized spacial score (nSPS) is 10.5. The lowest BCUT2D eigenvalue weighted by Crippen LogP contribution is -2.08. The van der Waals surface area contributed by atoms with Crippen molar-refractivity contribution in [3.63, 3.8) is 0 Å². The second-order valence-corrected chi connectivity index (χ2v) is 4.17. The van der Waals surface area contributed by atoms with Gasteiger partial charge in [-0.1, -0.05) is 15.9 Å². The van der Waals surface area contributed by atoms with Crippen molar-refractivity contribution < 1.29 is 0 Å². The Hall–Kier alpha value is -1.13. The fourth-order valence-corrected chi connectivity index (χ4v) is 1.75. The van der Waals surface area contributed by atoms with Crippen LogP contribution >= 0.6 is 15.9 Å². The van der Waals surface area contributed by atoms with Gasteiger partial charge in [0.1, 0.15) is 0 Å². The zero-order chi connectivity index (χ0) is 10.7. The summed E-state index contributed by atoms with van der Waals surface area (Å²) < 4.78 is 2.98. The average Bonchev–Trinajstić information content (AvgIpc) is 2.68. The maximum absolute atomic E-state index is 5.54. The van der Waals surface area contributed by atoms with Gasteiger partial charge in [0.15, 0.2) is 0 Å². The Bertz CT molecular complexity index is 433. The molecule has 0 amide bonds. The summed E-state index contributed by atoms with van der Waals surface area (Å²) in [5.74, 6) is 0. The highest BCUT2D eigenvalue weighted by Gasteiger charge is 2.03. The van der Waals surface area contributed by atoms with E-state index in [2.05, 4.69) is 21.0 Å². The summed E-state index contributed by atoms with van der Waals surface area (Å²) in [4.78, 5) is 0. The molecular formula is C11H12BrN3. The van der Waals surface area contributed by atoms with Gasteiger partial charge in [-0.2, -0.15) is 5.10 Å². The molecule has 4 heteroatoms. The van der Waals surface area contributed by atoms with Crippen LogP contribution < -0.4 is 5.73 Å². The van der Waals surface area contributed by atoms with Crippen molar-refractivity contribution in [2.24, 2.45) is 5.73 Å². The third-order valence-corrected chi connectivity index (χ3v) is 2.72. The van der Waals surface area contributed by atoms with Gasteiger partial charge in [0.25, 0.3) is 0 Å². The standard InChI is InChI=1S/C11H12BrN3/c12-9-1-3-10(4-2-9)15-11(5-7-13)6-8-14-15/h1-4,6,8H,5,7,13H2. The number of hydrogen-bond donors (Lipinski definition) is 1. The largest absolute Gasteiger partial charge is 0.330 e. The van der Waals surface area contributed by atoms with Crippen molar-refractivity contribution >= 4 is 15.9 Å². The summed E-state index contributed by atoms with van der Waals surface area (Å²) in [6, 6.07) is 10.1. The van der Waals surface area contributed by atoms with Crippen LogP contribution in [0.4, 0.5) is 0 Å². The third-order valence-electron chi connectivity index (χ3n) is 2.19. The number of rotatable bonds is 3. The van der Waals surface area contributed by atoms with Gasteiger partial charge in [0, 0.05) is 22.8 Å². The first-order valence-electron chi connectivity index (χ1n) is 4.80. The average molecular weight is 266 g/mol. The molecule has 0 saturated heterocycles. The van der Waals surface area contributed by atoms with Crippen molar-refractivity contribution in [3.05, 3.63) is 46.7 Å². The number of aromatic nitrogens is 2. The molecule has 2 aromatic rings. The number of halogens is 1. The van der Waals surface area contributed by atoms with Crippen molar-refractivity contribution in [2.45, 2.75) is 6.42 Å². The Balaban J connectivity index is 2.36. The Morgan fingerprint density at radius 3 is 2.60 bits per heavy atom. The van der Waals surface area contributed by atoms with E-state index >= 15 is 0 Å². The van der Waals surface area contributed by atoms with Gasteiger partial charge in [-0.3, -0.25) is 0 Å². The highest BCUT2D eigenvalue weighted by atomic mass is 79.9. The van der Waals surface area contributed by atoms with E-state index < -0.39 is 0 Å². The molecule has 2 rings (SSSR count). The number of nitrogens with zero attached hydrogens (tertiary/aromatic N) is 2. The van der Waals surface area contributed by atoms with E-state index in [1.165, 1.54) is 0 Å². The lowest BCUT2D eigenvalue weighted by molar-refractivity contribution is 0.791. The van der Waals surface area contributed by atoms with E-state index in [1.54, 1.807) is 6.20 Å². The van der Waals surface area contributed by atoms with Gasteiger partial charge in [0.05, 0.1) is 5.69 Å². The minimum Gasteiger partial charge on any atom is -0.330 e. The van der Waals surface area contributed by atoms with Crippen molar-refractivity contribution in [3.8, 4) is 5.69 Å². The maximum atomic E-state index is 5.54. The summed E-state index contributed by atoms with van der Waals surface area (Å²) in [6.45, 7) is 0.641. The second kappa shape index (κ2) is 4.59. The lowest BCUT2D eigenvalue weighted by atomic mass is 10.3. The summed E-state index contributed by atoms with van der Waals surface area (Å²) in [5.41, 5.74) is 7.74. The first-order valence-corrected chi connectivity index (χ1v) is 5.59. The van der Waals surface area contributed by atoms with Crippen LogP contribution in [0.5, 0.6) is 0 Å². The van der Waals surface area contributed by atoms with E-state index in [0.29, 0.717) is 6.54 Å². The maximum Gasteiger partial charge on any atom is 0.0649 e. The smallest absolute Gasteiger partial charge is 0.0649 e. The quantitative estimate of drug-likeness (QED) is 0.924. The Labute approximate surface area is 97.0 Å². The molecule has 2 N–H and O–H groups in total. The SMILES string of the molecule is NCCc1ccnn1-c1ccc(Br)cc1. The molecule has 0 unspecified atom stereocenters. The molecular weight excluding hydrogens is 254 g/mol. The minimum absolute atomic E-state index is 0.641. The molecule has 0 aliphatic carbocycles. The molecule has 0 bridgehead atoms. The van der Waals surface area contributed by atoms with Crippen LogP contribution in [0.15, 0.2) is 41.0 Å². The molecule has 0 saturated carbocycles. The monoisotopic (exact) mass is 265 g/mol. The summed E-state index contributed by atoms with van der Waals surface area (Å²) in [6.07, 6.45) is 2.64. The van der Waals surface area contributed by atoms with Crippen LogP contribution in [-0.4, -0.2) is 16.3 Å². The van der Waals surface area contributed by atoms with Crippen LogP contribution in [0.2, 0.25) is 0 Å². The van der Waals surface area contributed by atoms with Gasteiger partial charge in [-0.05, 0) is 36.9 Å². The second-order valence-electron chi connectivity index (χ2n) is 3.25. The fourth-order valence-electron chi connectivity index (χ4n) is 1.48. The van der Waals surface area contributed by atoms with Crippen LogP contribution in [0, 0.1) is 0 Å². The van der Waals surface area contributed by atoms with E-state index in [4.69, 9.17) is 5.73 Å². The Morgan fingerprint density at radius 1 is 1.20 bits per heavy atom. The summed E-state index contributed by atoms with van der Waals surface area (Å²) in [7, 11) is 0.